The first kappa shape index (κ1) is 15.0. The van der Waals surface area contributed by atoms with Gasteiger partial charge in [-0.05, 0) is 36.8 Å². The Morgan fingerprint density at radius 3 is 2.70 bits per heavy atom. The van der Waals surface area contributed by atoms with E-state index in [1.54, 1.807) is 12.1 Å². The average Bonchev–Trinajstić information content (AvgIpc) is 2.92. The fourth-order valence-corrected chi connectivity index (χ4v) is 3.96. The number of rotatable bonds is 5. The normalized spacial score (nSPS) is 22.6. The van der Waals surface area contributed by atoms with Crippen LogP contribution in [0.3, 0.4) is 0 Å². The van der Waals surface area contributed by atoms with Crippen molar-refractivity contribution >= 4 is 10.0 Å². The lowest BCUT2D eigenvalue weighted by Crippen LogP contribution is -2.32. The molecule has 5 nitrogen and oxygen atoms in total. The quantitative estimate of drug-likeness (QED) is 0.855. The van der Waals surface area contributed by atoms with Gasteiger partial charge in [-0.2, -0.15) is 5.26 Å². The molecule has 0 aromatic heterocycles. The summed E-state index contributed by atoms with van der Waals surface area (Å²) in [5.74, 6) is 0.341. The highest BCUT2D eigenvalue weighted by Crippen LogP contribution is 2.31. The molecule has 1 aromatic rings. The molecule has 1 saturated carbocycles. The van der Waals surface area contributed by atoms with Crippen LogP contribution < -0.4 is 4.72 Å². The van der Waals surface area contributed by atoms with Gasteiger partial charge in [0.25, 0.3) is 0 Å². The summed E-state index contributed by atoms with van der Waals surface area (Å²) in [6, 6.07) is 8.04. The number of benzene rings is 1. The molecule has 2 atom stereocenters. The third-order valence-corrected chi connectivity index (χ3v) is 5.37. The summed E-state index contributed by atoms with van der Waals surface area (Å²) in [6.45, 7) is 0.411. The van der Waals surface area contributed by atoms with Crippen LogP contribution in [0, 0.1) is 23.2 Å². The van der Waals surface area contributed by atoms with Crippen LogP contribution in [0.25, 0.3) is 0 Å². The van der Waals surface area contributed by atoms with Crippen LogP contribution in [0.4, 0.5) is 0 Å². The third-order valence-electron chi connectivity index (χ3n) is 3.88. The first-order valence-electron chi connectivity index (χ1n) is 6.68. The molecular formula is C14H18N2O3S. The molecule has 1 fully saturated rings. The van der Waals surface area contributed by atoms with Gasteiger partial charge in [0.1, 0.15) is 6.07 Å². The molecule has 0 radical (unpaired) electrons. The number of nitriles is 1. The standard InChI is InChI=1S/C14H18N2O3S/c15-8-11-4-1-2-7-14(11)20(18,19)16-9-12-5-3-6-13(12)10-17/h1-2,4,7,12-13,16-17H,3,5-6,9-10H2. The maximum Gasteiger partial charge on any atom is 0.241 e. The topological polar surface area (TPSA) is 90.2 Å². The molecule has 2 N–H and O–H groups in total. The Kier molecular flexibility index (Phi) is 4.76. The summed E-state index contributed by atoms with van der Waals surface area (Å²) >= 11 is 0. The molecule has 20 heavy (non-hydrogen) atoms. The van der Waals surface area contributed by atoms with Crippen molar-refractivity contribution in [1.82, 2.24) is 4.72 Å². The fraction of sp³-hybridized carbons (Fsp3) is 0.500. The Morgan fingerprint density at radius 1 is 1.30 bits per heavy atom. The lowest BCUT2D eigenvalue weighted by atomic mass is 9.97. The van der Waals surface area contributed by atoms with E-state index in [-0.39, 0.29) is 28.9 Å². The van der Waals surface area contributed by atoms with Gasteiger partial charge in [0.15, 0.2) is 0 Å². The molecular weight excluding hydrogens is 276 g/mol. The highest BCUT2D eigenvalue weighted by atomic mass is 32.2. The van der Waals surface area contributed by atoms with Gasteiger partial charge in [-0.3, -0.25) is 0 Å². The largest absolute Gasteiger partial charge is 0.396 e. The summed E-state index contributed by atoms with van der Waals surface area (Å²) in [6.07, 6.45) is 2.89. The van der Waals surface area contributed by atoms with Gasteiger partial charge >= 0.3 is 0 Å². The molecule has 6 heteroatoms. The maximum atomic E-state index is 12.2. The summed E-state index contributed by atoms with van der Waals surface area (Å²) in [5, 5.41) is 18.2. The minimum atomic E-state index is -3.68. The van der Waals surface area contributed by atoms with Gasteiger partial charge in [0.2, 0.25) is 10.0 Å². The lowest BCUT2D eigenvalue weighted by molar-refractivity contribution is 0.195. The van der Waals surface area contributed by atoms with E-state index in [0.29, 0.717) is 6.54 Å². The first-order valence-corrected chi connectivity index (χ1v) is 8.16. The van der Waals surface area contributed by atoms with E-state index in [2.05, 4.69) is 4.72 Å². The number of hydrogen-bond donors (Lipinski definition) is 2. The molecule has 2 rings (SSSR count). The Morgan fingerprint density at radius 2 is 2.00 bits per heavy atom. The zero-order chi connectivity index (χ0) is 14.6. The van der Waals surface area contributed by atoms with Crippen LogP contribution in [0.1, 0.15) is 24.8 Å². The molecule has 0 bridgehead atoms. The summed E-state index contributed by atoms with van der Waals surface area (Å²) < 4.78 is 27.0. The van der Waals surface area contributed by atoms with E-state index in [0.717, 1.165) is 19.3 Å². The first-order chi connectivity index (χ1) is 9.58. The zero-order valence-electron chi connectivity index (χ0n) is 11.1. The van der Waals surface area contributed by atoms with Crippen molar-refractivity contribution in [2.45, 2.75) is 24.2 Å². The average molecular weight is 294 g/mol. The van der Waals surface area contributed by atoms with Gasteiger partial charge in [0.05, 0.1) is 10.5 Å². The SMILES string of the molecule is N#Cc1ccccc1S(=O)(=O)NCC1CCCC1CO. The molecule has 0 saturated heterocycles. The zero-order valence-corrected chi connectivity index (χ0v) is 11.9. The van der Waals surface area contributed by atoms with E-state index in [4.69, 9.17) is 5.26 Å². The van der Waals surface area contributed by atoms with Gasteiger partial charge in [-0.1, -0.05) is 18.6 Å². The van der Waals surface area contributed by atoms with Gasteiger partial charge in [-0.25, -0.2) is 13.1 Å². The van der Waals surface area contributed by atoms with Crippen LogP contribution >= 0.6 is 0 Å². The van der Waals surface area contributed by atoms with E-state index in [1.165, 1.54) is 12.1 Å². The van der Waals surface area contributed by atoms with E-state index in [9.17, 15) is 13.5 Å². The minimum Gasteiger partial charge on any atom is -0.396 e. The summed E-state index contributed by atoms with van der Waals surface area (Å²) in [4.78, 5) is 0.0149. The Bertz CT molecular complexity index is 607. The van der Waals surface area contributed by atoms with Crippen molar-refractivity contribution in [3.8, 4) is 6.07 Å². The van der Waals surface area contributed by atoms with Crippen LogP contribution in [0.15, 0.2) is 29.2 Å². The van der Waals surface area contributed by atoms with Crippen molar-refractivity contribution in [1.29, 1.82) is 5.26 Å². The number of nitrogens with one attached hydrogen (secondary N) is 1. The predicted octanol–water partition coefficient (Wildman–Crippen LogP) is 1.25. The van der Waals surface area contributed by atoms with Crippen molar-refractivity contribution in [3.63, 3.8) is 0 Å². The van der Waals surface area contributed by atoms with Gasteiger partial charge in [0, 0.05) is 13.2 Å². The van der Waals surface area contributed by atoms with Crippen molar-refractivity contribution in [2.24, 2.45) is 11.8 Å². The van der Waals surface area contributed by atoms with E-state index >= 15 is 0 Å². The molecule has 0 heterocycles. The van der Waals surface area contributed by atoms with Crippen LogP contribution in [-0.4, -0.2) is 26.7 Å². The number of aliphatic hydroxyl groups excluding tert-OH is 1. The highest BCUT2D eigenvalue weighted by Gasteiger charge is 2.28. The second kappa shape index (κ2) is 6.35. The number of sulfonamides is 1. The minimum absolute atomic E-state index is 0.0149. The molecule has 1 aliphatic rings. The molecule has 1 aromatic carbocycles. The fourth-order valence-electron chi connectivity index (χ4n) is 2.71. The second-order valence-corrected chi connectivity index (χ2v) is 6.83. The Balaban J connectivity index is 2.10. The van der Waals surface area contributed by atoms with Crippen molar-refractivity contribution in [3.05, 3.63) is 29.8 Å². The van der Waals surface area contributed by atoms with Crippen LogP contribution in [0.5, 0.6) is 0 Å². The Hall–Kier alpha value is -1.42. The van der Waals surface area contributed by atoms with Crippen LogP contribution in [-0.2, 0) is 10.0 Å². The lowest BCUT2D eigenvalue weighted by Gasteiger charge is -2.18. The molecule has 108 valence electrons. The molecule has 0 amide bonds. The summed E-state index contributed by atoms with van der Waals surface area (Å²) in [5.41, 5.74) is 0.144. The molecule has 2 unspecified atom stereocenters. The smallest absolute Gasteiger partial charge is 0.241 e. The van der Waals surface area contributed by atoms with Gasteiger partial charge < -0.3 is 5.11 Å². The molecule has 0 spiro atoms. The van der Waals surface area contributed by atoms with Gasteiger partial charge in [-0.15, -0.1) is 0 Å². The predicted molar refractivity (Wildman–Crippen MR) is 74.3 cm³/mol. The van der Waals surface area contributed by atoms with Crippen molar-refractivity contribution < 1.29 is 13.5 Å². The number of aliphatic hydroxyl groups is 1. The molecule has 0 aliphatic heterocycles. The maximum absolute atomic E-state index is 12.2. The number of nitrogens with zero attached hydrogens (tertiary/aromatic N) is 1. The number of hydrogen-bond acceptors (Lipinski definition) is 4. The third kappa shape index (κ3) is 3.18. The molecule has 1 aliphatic carbocycles. The highest BCUT2D eigenvalue weighted by molar-refractivity contribution is 7.89. The monoisotopic (exact) mass is 294 g/mol. The van der Waals surface area contributed by atoms with Crippen LogP contribution in [0.2, 0.25) is 0 Å². The Labute approximate surface area is 119 Å². The van der Waals surface area contributed by atoms with Crippen molar-refractivity contribution in [2.75, 3.05) is 13.2 Å². The second-order valence-electron chi connectivity index (χ2n) is 5.09. The van der Waals surface area contributed by atoms with E-state index < -0.39 is 10.0 Å². The summed E-state index contributed by atoms with van der Waals surface area (Å²) in [7, 11) is -3.68. The van der Waals surface area contributed by atoms with E-state index in [1.807, 2.05) is 6.07 Å².